The van der Waals surface area contributed by atoms with Gasteiger partial charge in [-0.1, -0.05) is 65.8 Å². The third-order valence-corrected chi connectivity index (χ3v) is 25.1. The van der Waals surface area contributed by atoms with Crippen LogP contribution in [0.15, 0.2) is 34.7 Å². The van der Waals surface area contributed by atoms with E-state index in [4.69, 9.17) is 27.6 Å². The summed E-state index contributed by atoms with van der Waals surface area (Å²) in [6.07, 6.45) is 43.0. The van der Waals surface area contributed by atoms with Crippen molar-refractivity contribution >= 4 is 0 Å². The molecule has 0 spiro atoms. The van der Waals surface area contributed by atoms with Crippen molar-refractivity contribution in [2.45, 2.75) is 294 Å². The molecule has 17 saturated carbocycles. The number of hydrogen-bond donors (Lipinski definition) is 4. The molecule has 0 atom stereocenters. The summed E-state index contributed by atoms with van der Waals surface area (Å²) in [6, 6.07) is 4.26. The molecule has 16 bridgehead atoms. The molecule has 22 rings (SSSR count). The van der Waals surface area contributed by atoms with E-state index >= 15 is 0 Å². The highest BCUT2D eigenvalue weighted by Crippen LogP contribution is 2.59. The molecule has 0 unspecified atom stereocenters. The molecule has 17 aliphatic rings. The SMILES string of the molecule is C1CCC(c2nc(CNC34CC5CC(CC(C5)C3)C4)no2)CC1.CC(C)c1cc(CNC23CC4CC(CC(C4)C2)C3)no1.CCCc1cc(CNC23CC4CC(CC(C4)C2)C3)no1.Cc1noc(C)c1-c1nc(CNC23CC4CC(CC(C4)C2)C3)no1. The summed E-state index contributed by atoms with van der Waals surface area (Å²) >= 11 is 0. The maximum Gasteiger partial charge on any atom is 0.263 e. The Morgan fingerprint density at radius 3 is 1.25 bits per heavy atom. The maximum atomic E-state index is 5.57. The minimum Gasteiger partial charge on any atom is -0.361 e. The Morgan fingerprint density at radius 2 is 0.851 bits per heavy atom. The lowest BCUT2D eigenvalue weighted by molar-refractivity contribution is -0.0211. The van der Waals surface area contributed by atoms with E-state index in [0.29, 0.717) is 46.4 Å². The highest BCUT2D eigenvalue weighted by atomic mass is 16.5. The average molecular weight is 1190 g/mol. The summed E-state index contributed by atoms with van der Waals surface area (Å²) in [5.74, 6) is 18.5. The standard InChI is InChI=1S/C19H29N3O.C18H24N4O2.2C17H26N2O/c1-2-4-16(5-3-1)18-21-17(22-23-18)12-20-19-9-13-6-14(10-19)8-15(7-13)11-19;1-10-16(11(2)23-21-10)17-20-15(22-24-17)9-19-18-6-12-3-13(7-18)5-14(4-12)8-18;1-11(2)16-6-15(19-20-16)10-18-17-7-12-3-13(8-17)5-14(4-12)9-17;1-2-3-16-7-15(19-20-16)11-18-17-8-12-4-13(9-17)6-14(5-12)10-17/h13-16,20H,1-12H2;12-14,19H,3-9H2,1-2H3;6,11-14,18H,3-5,7-10H2,1-2H3;7,12-14,18H,2-6,8-11H2,1H3. The normalized spacial score (nSPS) is 37.8. The largest absolute Gasteiger partial charge is 0.361 e. The van der Waals surface area contributed by atoms with Crippen LogP contribution in [0, 0.1) is 84.9 Å². The first-order valence-corrected chi connectivity index (χ1v) is 35.7. The fourth-order valence-electron chi connectivity index (χ4n) is 23.0. The average Bonchev–Trinajstić information content (AvgIpc) is 4.58. The van der Waals surface area contributed by atoms with Crippen molar-refractivity contribution in [2.75, 3.05) is 0 Å². The molecule has 87 heavy (non-hydrogen) atoms. The zero-order valence-electron chi connectivity index (χ0n) is 53.7. The Morgan fingerprint density at radius 1 is 0.448 bits per heavy atom. The Balaban J connectivity index is 0.0000000980. The molecule has 5 heterocycles. The Labute approximate surface area is 517 Å². The van der Waals surface area contributed by atoms with Crippen LogP contribution in [-0.4, -0.2) is 57.9 Å². The van der Waals surface area contributed by atoms with Crippen LogP contribution in [0.3, 0.4) is 0 Å². The van der Waals surface area contributed by atoms with Crippen LogP contribution in [0.5, 0.6) is 0 Å². The van der Waals surface area contributed by atoms with Crippen LogP contribution >= 0.6 is 0 Å². The van der Waals surface area contributed by atoms with E-state index < -0.39 is 0 Å². The molecular weight excluding hydrogens is 1090 g/mol. The Kier molecular flexibility index (Phi) is 16.6. The van der Waals surface area contributed by atoms with E-state index in [-0.39, 0.29) is 0 Å². The predicted molar refractivity (Wildman–Crippen MR) is 331 cm³/mol. The van der Waals surface area contributed by atoms with Gasteiger partial charge in [0.1, 0.15) is 22.8 Å². The van der Waals surface area contributed by atoms with Gasteiger partial charge in [-0.15, -0.1) is 0 Å². The van der Waals surface area contributed by atoms with Gasteiger partial charge in [0.2, 0.25) is 5.89 Å². The van der Waals surface area contributed by atoms with Crippen LogP contribution in [0.2, 0.25) is 0 Å². The third kappa shape index (κ3) is 13.0. The molecule has 474 valence electrons. The predicted octanol–water partition coefficient (Wildman–Crippen LogP) is 15.1. The van der Waals surface area contributed by atoms with Crippen LogP contribution in [-0.2, 0) is 32.6 Å². The summed E-state index contributed by atoms with van der Waals surface area (Å²) in [4.78, 5) is 9.26. The second-order valence-electron chi connectivity index (χ2n) is 32.7. The number of nitrogens with zero attached hydrogens (tertiary/aromatic N) is 7. The van der Waals surface area contributed by atoms with Gasteiger partial charge < -0.3 is 43.9 Å². The lowest BCUT2D eigenvalue weighted by Gasteiger charge is -2.57. The van der Waals surface area contributed by atoms with E-state index in [9.17, 15) is 0 Å². The maximum absolute atomic E-state index is 5.57. The molecule has 0 aromatic carbocycles. The van der Waals surface area contributed by atoms with Crippen molar-refractivity contribution in [2.24, 2.45) is 71.0 Å². The van der Waals surface area contributed by atoms with Gasteiger partial charge in [0.15, 0.2) is 11.6 Å². The number of rotatable bonds is 17. The van der Waals surface area contributed by atoms with Crippen molar-refractivity contribution in [3.8, 4) is 11.5 Å². The smallest absolute Gasteiger partial charge is 0.263 e. The van der Waals surface area contributed by atoms with E-state index in [1.54, 1.807) is 0 Å². The summed E-state index contributed by atoms with van der Waals surface area (Å²) < 4.78 is 27.0. The first-order valence-electron chi connectivity index (χ1n) is 35.7. The van der Waals surface area contributed by atoms with Gasteiger partial charge in [0.05, 0.1) is 30.2 Å². The summed E-state index contributed by atoms with van der Waals surface area (Å²) in [7, 11) is 0. The zero-order chi connectivity index (χ0) is 58.9. The highest BCUT2D eigenvalue weighted by Gasteiger charge is 2.54. The lowest BCUT2D eigenvalue weighted by Crippen LogP contribution is -2.58. The van der Waals surface area contributed by atoms with E-state index in [1.165, 1.54) is 186 Å². The van der Waals surface area contributed by atoms with Gasteiger partial charge in [-0.3, -0.25) is 0 Å². The van der Waals surface area contributed by atoms with Gasteiger partial charge in [0.25, 0.3) is 5.89 Å². The number of nitrogens with one attached hydrogen (secondary N) is 4. The van der Waals surface area contributed by atoms with Crippen LogP contribution < -0.4 is 21.3 Å². The molecule has 5 aromatic rings. The molecule has 17 fully saturated rings. The molecular formula is C71H105N11O5. The fourth-order valence-corrected chi connectivity index (χ4v) is 23.0. The molecule has 16 nitrogen and oxygen atoms in total. The number of aryl methyl sites for hydroxylation is 3. The van der Waals surface area contributed by atoms with Crippen molar-refractivity contribution in [1.82, 2.24) is 57.0 Å². The summed E-state index contributed by atoms with van der Waals surface area (Å²) in [6.45, 7) is 13.5. The third-order valence-electron chi connectivity index (χ3n) is 25.1. The van der Waals surface area contributed by atoms with Gasteiger partial charge in [-0.25, -0.2) is 0 Å². The minimum atomic E-state index is 0.318. The monoisotopic (exact) mass is 1190 g/mol. The number of hydrogen-bond acceptors (Lipinski definition) is 16. The van der Waals surface area contributed by atoms with E-state index in [0.717, 1.165) is 161 Å². The van der Waals surface area contributed by atoms with Crippen LogP contribution in [0.25, 0.3) is 11.5 Å². The van der Waals surface area contributed by atoms with Gasteiger partial charge >= 0.3 is 0 Å². The lowest BCUT2D eigenvalue weighted by atomic mass is 9.53. The second kappa shape index (κ2) is 24.4. The van der Waals surface area contributed by atoms with Gasteiger partial charge in [-0.2, -0.15) is 9.97 Å². The van der Waals surface area contributed by atoms with Gasteiger partial charge in [0, 0.05) is 65.6 Å². The van der Waals surface area contributed by atoms with E-state index in [1.807, 2.05) is 13.8 Å². The Bertz CT molecular complexity index is 2940. The van der Waals surface area contributed by atoms with Crippen molar-refractivity contribution < 1.29 is 22.6 Å². The molecule has 0 amide bonds. The molecule has 17 aliphatic carbocycles. The topological polar surface area (TPSA) is 204 Å². The minimum absolute atomic E-state index is 0.318. The van der Waals surface area contributed by atoms with Crippen molar-refractivity contribution in [1.29, 1.82) is 0 Å². The highest BCUT2D eigenvalue weighted by molar-refractivity contribution is 5.57. The molecule has 0 aliphatic heterocycles. The zero-order valence-corrected chi connectivity index (χ0v) is 53.7. The quantitative estimate of drug-likeness (QED) is 0.0683. The van der Waals surface area contributed by atoms with Crippen LogP contribution in [0.4, 0.5) is 0 Å². The molecule has 16 heteroatoms. The summed E-state index contributed by atoms with van der Waals surface area (Å²) in [5, 5.41) is 36.2. The molecule has 4 N–H and O–H groups in total. The fraction of sp³-hybridized carbons (Fsp3) is 0.817. The molecule has 0 saturated heterocycles. The van der Waals surface area contributed by atoms with Gasteiger partial charge in [-0.05, 0) is 258 Å². The second-order valence-corrected chi connectivity index (χ2v) is 32.7. The number of aromatic nitrogens is 7. The molecule has 5 aromatic heterocycles. The first kappa shape index (κ1) is 59.1. The molecule has 0 radical (unpaired) electrons. The van der Waals surface area contributed by atoms with Crippen molar-refractivity contribution in [3.63, 3.8) is 0 Å². The summed E-state index contributed by atoms with van der Waals surface area (Å²) in [5.41, 5.74) is 5.33. The van der Waals surface area contributed by atoms with Crippen molar-refractivity contribution in [3.05, 3.63) is 64.0 Å². The van der Waals surface area contributed by atoms with Crippen LogP contribution in [0.1, 0.15) is 277 Å². The first-order chi connectivity index (χ1) is 42.2. The van der Waals surface area contributed by atoms with E-state index in [2.05, 4.69) is 84.9 Å². The Hall–Kier alpha value is -4.25.